The van der Waals surface area contributed by atoms with Gasteiger partial charge in [0, 0.05) is 13.3 Å². The van der Waals surface area contributed by atoms with Crippen LogP contribution in [0.3, 0.4) is 0 Å². The van der Waals surface area contributed by atoms with Crippen molar-refractivity contribution < 1.29 is 24.2 Å². The maximum atomic E-state index is 11.4. The largest absolute Gasteiger partial charge is 0.481 e. The van der Waals surface area contributed by atoms with Gasteiger partial charge in [-0.1, -0.05) is 75.8 Å². The first-order valence-corrected chi connectivity index (χ1v) is 12.6. The number of carboxylic acid groups (broad SMARTS) is 1. The number of benzene rings is 1. The number of esters is 1. The standard InChI is InChI=1S/C27H44O5/c1-3-4-8-19-26(32-23(2)28)20-14-13-18-25(17-11-5-6-12-21-27(29)30)31-22-24-15-9-7-10-16-24/h7,9-10,15-16,25-26H,3-6,8,11-14,17-22H2,1-2H3,(H,29,30). The molecule has 0 saturated heterocycles. The van der Waals surface area contributed by atoms with E-state index in [9.17, 15) is 9.59 Å². The van der Waals surface area contributed by atoms with E-state index in [-0.39, 0.29) is 24.6 Å². The number of carbonyl (C=O) groups excluding carboxylic acids is 1. The number of hydrogen-bond donors (Lipinski definition) is 1. The molecule has 0 aliphatic heterocycles. The Kier molecular flexibility index (Phi) is 16.4. The molecule has 0 saturated carbocycles. The molecule has 0 spiro atoms. The number of ether oxygens (including phenoxy) is 2. The molecule has 0 bridgehead atoms. The molecule has 0 radical (unpaired) electrons. The normalized spacial score (nSPS) is 12.9. The highest BCUT2D eigenvalue weighted by molar-refractivity contribution is 5.66. The van der Waals surface area contributed by atoms with Crippen molar-refractivity contribution in [3.05, 3.63) is 35.9 Å². The van der Waals surface area contributed by atoms with E-state index in [1.807, 2.05) is 18.2 Å². The summed E-state index contributed by atoms with van der Waals surface area (Å²) in [6, 6.07) is 10.2. The van der Waals surface area contributed by atoms with Gasteiger partial charge in [0.2, 0.25) is 0 Å². The lowest BCUT2D eigenvalue weighted by atomic mass is 10.0. The Balaban J connectivity index is 2.39. The van der Waals surface area contributed by atoms with Crippen molar-refractivity contribution in [3.63, 3.8) is 0 Å². The maximum absolute atomic E-state index is 11.4. The molecule has 0 fully saturated rings. The average Bonchev–Trinajstić information content (AvgIpc) is 2.76. The zero-order chi connectivity index (χ0) is 23.4. The number of aliphatic carboxylic acids is 1. The van der Waals surface area contributed by atoms with Crippen LogP contribution in [0.1, 0.15) is 109 Å². The molecule has 0 aromatic heterocycles. The third-order valence-electron chi connectivity index (χ3n) is 5.76. The first-order chi connectivity index (χ1) is 15.5. The van der Waals surface area contributed by atoms with Crippen LogP contribution in [0.15, 0.2) is 30.3 Å². The Morgan fingerprint density at radius 3 is 1.97 bits per heavy atom. The molecule has 182 valence electrons. The van der Waals surface area contributed by atoms with Crippen LogP contribution in [0.2, 0.25) is 0 Å². The van der Waals surface area contributed by atoms with Crippen LogP contribution in [0.5, 0.6) is 0 Å². The van der Waals surface area contributed by atoms with E-state index < -0.39 is 5.97 Å². The molecule has 2 unspecified atom stereocenters. The Bertz CT molecular complexity index is 601. The first-order valence-electron chi connectivity index (χ1n) is 12.6. The van der Waals surface area contributed by atoms with Crippen LogP contribution < -0.4 is 0 Å². The van der Waals surface area contributed by atoms with Gasteiger partial charge in [0.25, 0.3) is 0 Å². The van der Waals surface area contributed by atoms with E-state index in [0.717, 1.165) is 70.6 Å². The Hall–Kier alpha value is -1.88. The molecule has 5 nitrogen and oxygen atoms in total. The van der Waals surface area contributed by atoms with Crippen molar-refractivity contribution in [3.8, 4) is 0 Å². The minimum atomic E-state index is -0.712. The van der Waals surface area contributed by atoms with Crippen molar-refractivity contribution in [2.24, 2.45) is 0 Å². The molecule has 1 N–H and O–H groups in total. The van der Waals surface area contributed by atoms with Crippen LogP contribution in [-0.2, 0) is 25.7 Å². The lowest BCUT2D eigenvalue weighted by Gasteiger charge is -2.20. The predicted octanol–water partition coefficient (Wildman–Crippen LogP) is 7.07. The van der Waals surface area contributed by atoms with Gasteiger partial charge in [0.15, 0.2) is 0 Å². The number of unbranched alkanes of at least 4 members (excludes halogenated alkanes) is 6. The second-order valence-corrected chi connectivity index (χ2v) is 8.78. The minimum Gasteiger partial charge on any atom is -0.481 e. The summed E-state index contributed by atoms with van der Waals surface area (Å²) in [5.74, 6) is -0.894. The number of carbonyl (C=O) groups is 2. The maximum Gasteiger partial charge on any atom is 0.303 e. The zero-order valence-electron chi connectivity index (χ0n) is 20.2. The number of hydrogen-bond acceptors (Lipinski definition) is 4. The molecule has 1 rings (SSSR count). The second kappa shape index (κ2) is 18.7. The fourth-order valence-corrected chi connectivity index (χ4v) is 3.96. The molecule has 2 atom stereocenters. The molecule has 32 heavy (non-hydrogen) atoms. The predicted molar refractivity (Wildman–Crippen MR) is 129 cm³/mol. The van der Waals surface area contributed by atoms with Gasteiger partial charge in [-0.2, -0.15) is 0 Å². The van der Waals surface area contributed by atoms with Crippen LogP contribution in [0.4, 0.5) is 0 Å². The molecule has 0 amide bonds. The summed E-state index contributed by atoms with van der Waals surface area (Å²) in [6.07, 6.45) is 13.8. The third-order valence-corrected chi connectivity index (χ3v) is 5.76. The summed E-state index contributed by atoms with van der Waals surface area (Å²) in [7, 11) is 0. The summed E-state index contributed by atoms with van der Waals surface area (Å²) < 4.78 is 11.8. The molecule has 1 aromatic carbocycles. The Morgan fingerprint density at radius 2 is 1.38 bits per heavy atom. The SMILES string of the molecule is CCCCCC(CCCCC(CCCCCCC(=O)O)OCc1ccccc1)OC(C)=O. The quantitative estimate of drug-likeness (QED) is 0.171. The fourth-order valence-electron chi connectivity index (χ4n) is 3.96. The van der Waals surface area contributed by atoms with Crippen molar-refractivity contribution in [2.75, 3.05) is 0 Å². The zero-order valence-corrected chi connectivity index (χ0v) is 20.2. The highest BCUT2D eigenvalue weighted by atomic mass is 16.5. The monoisotopic (exact) mass is 448 g/mol. The summed E-state index contributed by atoms with van der Waals surface area (Å²) in [5, 5.41) is 8.76. The number of carboxylic acids is 1. The smallest absolute Gasteiger partial charge is 0.303 e. The van der Waals surface area contributed by atoms with E-state index in [1.54, 1.807) is 0 Å². The van der Waals surface area contributed by atoms with Crippen molar-refractivity contribution in [1.29, 1.82) is 0 Å². The van der Waals surface area contributed by atoms with Crippen molar-refractivity contribution >= 4 is 11.9 Å². The van der Waals surface area contributed by atoms with Crippen molar-refractivity contribution in [1.82, 2.24) is 0 Å². The van der Waals surface area contributed by atoms with Crippen LogP contribution in [0.25, 0.3) is 0 Å². The highest BCUT2D eigenvalue weighted by Crippen LogP contribution is 2.19. The molecule has 0 aliphatic carbocycles. The van der Waals surface area contributed by atoms with E-state index in [4.69, 9.17) is 14.6 Å². The molecule has 5 heteroatoms. The molecule has 0 aliphatic rings. The van der Waals surface area contributed by atoms with E-state index in [1.165, 1.54) is 25.3 Å². The summed E-state index contributed by atoms with van der Waals surface area (Å²) in [5.41, 5.74) is 1.19. The summed E-state index contributed by atoms with van der Waals surface area (Å²) >= 11 is 0. The number of rotatable bonds is 20. The van der Waals surface area contributed by atoms with Gasteiger partial charge in [0.05, 0.1) is 12.7 Å². The third kappa shape index (κ3) is 15.9. The summed E-state index contributed by atoms with van der Waals surface area (Å²) in [6.45, 7) is 4.30. The Labute approximate surface area is 194 Å². The van der Waals surface area contributed by atoms with Crippen molar-refractivity contribution in [2.45, 2.75) is 123 Å². The molecular formula is C27H44O5. The van der Waals surface area contributed by atoms with E-state index >= 15 is 0 Å². The molecular weight excluding hydrogens is 404 g/mol. The van der Waals surface area contributed by atoms with Gasteiger partial charge in [-0.3, -0.25) is 9.59 Å². The van der Waals surface area contributed by atoms with Gasteiger partial charge < -0.3 is 14.6 Å². The lowest BCUT2D eigenvalue weighted by molar-refractivity contribution is -0.147. The lowest BCUT2D eigenvalue weighted by Crippen LogP contribution is -2.17. The topological polar surface area (TPSA) is 72.8 Å². The second-order valence-electron chi connectivity index (χ2n) is 8.78. The average molecular weight is 449 g/mol. The van der Waals surface area contributed by atoms with E-state index in [0.29, 0.717) is 6.61 Å². The van der Waals surface area contributed by atoms with Gasteiger partial charge in [-0.05, 0) is 50.5 Å². The summed E-state index contributed by atoms with van der Waals surface area (Å²) in [4.78, 5) is 22.0. The first kappa shape index (κ1) is 28.2. The highest BCUT2D eigenvalue weighted by Gasteiger charge is 2.14. The molecule has 1 aromatic rings. The van der Waals surface area contributed by atoms with Crippen LogP contribution in [0, 0.1) is 0 Å². The van der Waals surface area contributed by atoms with Crippen LogP contribution in [-0.4, -0.2) is 29.3 Å². The van der Waals surface area contributed by atoms with E-state index in [2.05, 4.69) is 19.1 Å². The van der Waals surface area contributed by atoms with Crippen LogP contribution >= 0.6 is 0 Å². The fraction of sp³-hybridized carbons (Fsp3) is 0.704. The van der Waals surface area contributed by atoms with Gasteiger partial charge in [0.1, 0.15) is 6.10 Å². The molecule has 0 heterocycles. The minimum absolute atomic E-state index is 0.0389. The van der Waals surface area contributed by atoms with Gasteiger partial charge in [-0.25, -0.2) is 0 Å². The van der Waals surface area contributed by atoms with Gasteiger partial charge >= 0.3 is 11.9 Å². The van der Waals surface area contributed by atoms with Gasteiger partial charge in [-0.15, -0.1) is 0 Å². The Morgan fingerprint density at radius 1 is 0.812 bits per heavy atom.